The van der Waals surface area contributed by atoms with Gasteiger partial charge in [0.15, 0.2) is 0 Å². The summed E-state index contributed by atoms with van der Waals surface area (Å²) in [6, 6.07) is 7.56. The minimum Gasteiger partial charge on any atom is -0.370 e. The molecule has 1 aliphatic rings. The van der Waals surface area contributed by atoms with Crippen LogP contribution in [-0.4, -0.2) is 17.7 Å². The maximum Gasteiger partial charge on any atom is 0.270 e. The Kier molecular flexibility index (Phi) is 3.60. The highest BCUT2D eigenvalue weighted by Gasteiger charge is 2.21. The van der Waals surface area contributed by atoms with E-state index in [0.717, 1.165) is 42.5 Å². The third kappa shape index (κ3) is 2.28. The quantitative estimate of drug-likeness (QED) is 0.813. The van der Waals surface area contributed by atoms with Crippen LogP contribution in [0.5, 0.6) is 0 Å². The van der Waals surface area contributed by atoms with Crippen molar-refractivity contribution in [2.75, 3.05) is 18.0 Å². The van der Waals surface area contributed by atoms with Gasteiger partial charge in [0, 0.05) is 30.5 Å². The minimum atomic E-state index is -0.243. The molecule has 21 heavy (non-hydrogen) atoms. The molecule has 5 heteroatoms. The second kappa shape index (κ2) is 5.42. The molecule has 0 spiro atoms. The van der Waals surface area contributed by atoms with E-state index in [4.69, 9.17) is 11.6 Å². The summed E-state index contributed by atoms with van der Waals surface area (Å²) in [6.07, 6.45) is 3.37. The number of pyridine rings is 1. The lowest BCUT2D eigenvalue weighted by molar-refractivity contribution is 0.578. The molecule has 3 rings (SSSR count). The predicted molar refractivity (Wildman–Crippen MR) is 85.0 cm³/mol. The molecule has 2 heterocycles. The molecule has 1 aromatic heterocycles. The number of halogens is 1. The Morgan fingerprint density at radius 3 is 2.62 bits per heavy atom. The van der Waals surface area contributed by atoms with Gasteiger partial charge in [-0.2, -0.15) is 5.26 Å². The number of piperidine rings is 1. The Bertz CT molecular complexity index is 798. The van der Waals surface area contributed by atoms with Crippen molar-refractivity contribution in [3.8, 4) is 6.07 Å². The number of fused-ring (bicyclic) bond motifs is 1. The molecule has 1 aromatic carbocycles. The number of anilines is 1. The second-order valence-electron chi connectivity index (χ2n) is 5.41. The fourth-order valence-electron chi connectivity index (χ4n) is 3.05. The number of aromatic nitrogens is 1. The van der Waals surface area contributed by atoms with Gasteiger partial charge in [0.25, 0.3) is 5.56 Å². The normalized spacial score (nSPS) is 15.2. The summed E-state index contributed by atoms with van der Waals surface area (Å²) >= 11 is 6.13. The summed E-state index contributed by atoms with van der Waals surface area (Å²) in [6.45, 7) is 1.76. The highest BCUT2D eigenvalue weighted by Crippen LogP contribution is 2.32. The number of nitrogens with zero attached hydrogens (tertiary/aromatic N) is 3. The third-order valence-corrected chi connectivity index (χ3v) is 4.35. The lowest BCUT2D eigenvalue weighted by Crippen LogP contribution is -2.33. The Morgan fingerprint density at radius 2 is 1.95 bits per heavy atom. The maximum absolute atomic E-state index is 12.4. The summed E-state index contributed by atoms with van der Waals surface area (Å²) < 4.78 is 1.53. The summed E-state index contributed by atoms with van der Waals surface area (Å²) in [5.41, 5.74) is 1.53. The molecule has 0 amide bonds. The zero-order chi connectivity index (χ0) is 15.0. The number of nitriles is 1. The zero-order valence-electron chi connectivity index (χ0n) is 11.9. The van der Waals surface area contributed by atoms with Crippen LogP contribution >= 0.6 is 11.6 Å². The molecule has 108 valence electrons. The van der Waals surface area contributed by atoms with E-state index in [2.05, 4.69) is 11.0 Å². The molecule has 1 fully saturated rings. The molecule has 0 N–H and O–H groups in total. The minimum absolute atomic E-state index is 0.217. The molecule has 0 aliphatic carbocycles. The maximum atomic E-state index is 12.4. The SMILES string of the molecule is Cn1c(=O)c(C#N)c(N2CCCCC2)c2cc(Cl)ccc21. The fourth-order valence-corrected chi connectivity index (χ4v) is 3.22. The molecule has 4 nitrogen and oxygen atoms in total. The van der Waals surface area contributed by atoms with Crippen LogP contribution in [-0.2, 0) is 7.05 Å². The van der Waals surface area contributed by atoms with Crippen LogP contribution < -0.4 is 10.5 Å². The number of hydrogen-bond donors (Lipinski definition) is 0. The van der Waals surface area contributed by atoms with E-state index in [1.165, 1.54) is 11.0 Å². The average molecular weight is 302 g/mol. The van der Waals surface area contributed by atoms with E-state index in [9.17, 15) is 10.1 Å². The Labute approximate surface area is 128 Å². The van der Waals surface area contributed by atoms with Gasteiger partial charge in [-0.25, -0.2) is 0 Å². The highest BCUT2D eigenvalue weighted by atomic mass is 35.5. The Balaban J connectivity index is 2.39. The first kappa shape index (κ1) is 14.0. The average Bonchev–Trinajstić information content (AvgIpc) is 2.51. The third-order valence-electron chi connectivity index (χ3n) is 4.11. The number of benzene rings is 1. The first-order valence-electron chi connectivity index (χ1n) is 7.11. The van der Waals surface area contributed by atoms with Crippen molar-refractivity contribution in [1.82, 2.24) is 4.57 Å². The van der Waals surface area contributed by atoms with Crippen LogP contribution in [0.4, 0.5) is 5.69 Å². The van der Waals surface area contributed by atoms with Gasteiger partial charge in [-0.05, 0) is 37.5 Å². The van der Waals surface area contributed by atoms with Crippen molar-refractivity contribution >= 4 is 28.2 Å². The van der Waals surface area contributed by atoms with Crippen molar-refractivity contribution in [3.05, 3.63) is 39.1 Å². The largest absolute Gasteiger partial charge is 0.370 e. The number of rotatable bonds is 1. The van der Waals surface area contributed by atoms with Crippen LogP contribution in [0.3, 0.4) is 0 Å². The monoisotopic (exact) mass is 301 g/mol. The first-order valence-corrected chi connectivity index (χ1v) is 7.48. The van der Waals surface area contributed by atoms with E-state index < -0.39 is 0 Å². The van der Waals surface area contributed by atoms with Gasteiger partial charge in [0.1, 0.15) is 11.6 Å². The van der Waals surface area contributed by atoms with Gasteiger partial charge in [-0.1, -0.05) is 11.6 Å². The molecule has 2 aromatic rings. The lowest BCUT2D eigenvalue weighted by atomic mass is 10.0. The van der Waals surface area contributed by atoms with Crippen molar-refractivity contribution < 1.29 is 0 Å². The molecular formula is C16H16ClN3O. The van der Waals surface area contributed by atoms with E-state index >= 15 is 0 Å². The van der Waals surface area contributed by atoms with Gasteiger partial charge in [0.05, 0.1) is 11.2 Å². The predicted octanol–water partition coefficient (Wildman–Crippen LogP) is 3.05. The molecule has 0 saturated carbocycles. The number of aryl methyl sites for hydroxylation is 1. The molecule has 1 aliphatic heterocycles. The van der Waals surface area contributed by atoms with Crippen LogP contribution in [0.2, 0.25) is 5.02 Å². The molecule has 0 unspecified atom stereocenters. The Hall–Kier alpha value is -1.99. The lowest BCUT2D eigenvalue weighted by Gasteiger charge is -2.30. The summed E-state index contributed by atoms with van der Waals surface area (Å²) in [5.74, 6) is 0. The van der Waals surface area contributed by atoms with Gasteiger partial charge < -0.3 is 9.47 Å². The van der Waals surface area contributed by atoms with Crippen LogP contribution in [0.25, 0.3) is 10.9 Å². The molecule has 0 atom stereocenters. The van der Waals surface area contributed by atoms with Crippen molar-refractivity contribution in [3.63, 3.8) is 0 Å². The summed E-state index contributed by atoms with van der Waals surface area (Å²) in [7, 11) is 1.69. The second-order valence-corrected chi connectivity index (χ2v) is 5.85. The van der Waals surface area contributed by atoms with Gasteiger partial charge >= 0.3 is 0 Å². The van der Waals surface area contributed by atoms with Gasteiger partial charge in [0.2, 0.25) is 0 Å². The van der Waals surface area contributed by atoms with Crippen molar-refractivity contribution in [2.45, 2.75) is 19.3 Å². The van der Waals surface area contributed by atoms with Crippen LogP contribution in [0, 0.1) is 11.3 Å². The van der Waals surface area contributed by atoms with Gasteiger partial charge in [-0.3, -0.25) is 4.79 Å². The molecule has 0 radical (unpaired) electrons. The van der Waals surface area contributed by atoms with E-state index in [0.29, 0.717) is 5.02 Å². The smallest absolute Gasteiger partial charge is 0.270 e. The summed E-state index contributed by atoms with van der Waals surface area (Å²) in [5, 5.41) is 11.0. The van der Waals surface area contributed by atoms with Crippen LogP contribution in [0.15, 0.2) is 23.0 Å². The van der Waals surface area contributed by atoms with E-state index in [1.807, 2.05) is 12.1 Å². The van der Waals surface area contributed by atoms with E-state index in [-0.39, 0.29) is 11.1 Å². The molecule has 0 bridgehead atoms. The molecular weight excluding hydrogens is 286 g/mol. The zero-order valence-corrected chi connectivity index (χ0v) is 12.7. The first-order chi connectivity index (χ1) is 10.1. The van der Waals surface area contributed by atoms with Crippen LogP contribution in [0.1, 0.15) is 24.8 Å². The van der Waals surface area contributed by atoms with E-state index in [1.54, 1.807) is 13.1 Å². The summed E-state index contributed by atoms with van der Waals surface area (Å²) in [4.78, 5) is 14.6. The van der Waals surface area contributed by atoms with Crippen molar-refractivity contribution in [1.29, 1.82) is 5.26 Å². The highest BCUT2D eigenvalue weighted by molar-refractivity contribution is 6.31. The molecule has 1 saturated heterocycles. The van der Waals surface area contributed by atoms with Crippen molar-refractivity contribution in [2.24, 2.45) is 7.05 Å². The van der Waals surface area contributed by atoms with Gasteiger partial charge in [-0.15, -0.1) is 0 Å². The standard InChI is InChI=1S/C16H16ClN3O/c1-19-14-6-5-11(17)9-12(14)15(13(10-18)16(19)21)20-7-3-2-4-8-20/h5-6,9H,2-4,7-8H2,1H3. The topological polar surface area (TPSA) is 49.0 Å². The number of hydrogen-bond acceptors (Lipinski definition) is 3. The fraction of sp³-hybridized carbons (Fsp3) is 0.375. The Morgan fingerprint density at radius 1 is 1.24 bits per heavy atom.